The Balaban J connectivity index is 1.33. The molecule has 5 rings (SSSR count). The van der Waals surface area contributed by atoms with Crippen molar-refractivity contribution in [2.45, 2.75) is 71.7 Å². The van der Waals surface area contributed by atoms with Crippen LogP contribution in [0.5, 0.6) is 0 Å². The molecule has 10 heteroatoms. The molecular formula is C39H51N5O5. The normalized spacial score (nSPS) is 16.0. The van der Waals surface area contributed by atoms with E-state index in [1.54, 1.807) is 7.11 Å². The molecule has 3 heterocycles. The number of pyridine rings is 1. The van der Waals surface area contributed by atoms with Gasteiger partial charge < -0.3 is 30.0 Å². The maximum atomic E-state index is 13.8. The van der Waals surface area contributed by atoms with E-state index in [0.717, 1.165) is 79.0 Å². The highest BCUT2D eigenvalue weighted by molar-refractivity contribution is 5.98. The lowest BCUT2D eigenvalue weighted by atomic mass is 9.95. The summed E-state index contributed by atoms with van der Waals surface area (Å²) in [5.74, 6) is -0.280. The van der Waals surface area contributed by atoms with Crippen molar-refractivity contribution < 1.29 is 19.1 Å². The number of H-pyrrole nitrogens is 1. The second-order valence-electron chi connectivity index (χ2n) is 13.3. The van der Waals surface area contributed by atoms with E-state index in [1.165, 1.54) is 11.6 Å². The van der Waals surface area contributed by atoms with Crippen molar-refractivity contribution in [3.63, 3.8) is 0 Å². The topological polar surface area (TPSA) is 116 Å². The molecule has 0 spiro atoms. The fourth-order valence-electron chi connectivity index (χ4n) is 6.82. The second kappa shape index (κ2) is 16.9. The Kier molecular flexibility index (Phi) is 12.4. The lowest BCUT2D eigenvalue weighted by Gasteiger charge is -2.33. The van der Waals surface area contributed by atoms with Crippen LogP contribution in [0.3, 0.4) is 0 Å². The first kappa shape index (κ1) is 36.0. The number of hydrogen-bond donors (Lipinski definition) is 3. The smallest absolute Gasteiger partial charge is 0.253 e. The van der Waals surface area contributed by atoms with Crippen LogP contribution in [0, 0.1) is 20.8 Å². The number of nitrogens with zero attached hydrogens (tertiary/aromatic N) is 2. The maximum absolute atomic E-state index is 13.8. The van der Waals surface area contributed by atoms with E-state index in [-0.39, 0.29) is 30.0 Å². The number of amides is 2. The number of methoxy groups -OCH3 is 1. The monoisotopic (exact) mass is 669 g/mol. The summed E-state index contributed by atoms with van der Waals surface area (Å²) in [5, 5.41) is 6.70. The molecule has 0 aliphatic carbocycles. The Morgan fingerprint density at radius 1 is 0.959 bits per heavy atom. The Bertz CT molecular complexity index is 1670. The zero-order valence-electron chi connectivity index (χ0n) is 29.4. The molecule has 2 aromatic carbocycles. The van der Waals surface area contributed by atoms with Crippen molar-refractivity contribution in [2.24, 2.45) is 0 Å². The third kappa shape index (κ3) is 9.47. The summed E-state index contributed by atoms with van der Waals surface area (Å²) in [5.41, 5.74) is 7.46. The molecule has 0 saturated carbocycles. The molecule has 3 aromatic rings. The van der Waals surface area contributed by atoms with E-state index < -0.39 is 0 Å². The number of aryl methyl sites for hydroxylation is 2. The highest BCUT2D eigenvalue weighted by Gasteiger charge is 2.24. The highest BCUT2D eigenvalue weighted by atomic mass is 16.5. The van der Waals surface area contributed by atoms with Gasteiger partial charge >= 0.3 is 0 Å². The molecule has 262 valence electrons. The predicted octanol–water partition coefficient (Wildman–Crippen LogP) is 5.11. The molecular weight excluding hydrogens is 618 g/mol. The number of piperidine rings is 2. The number of carbonyl (C=O) groups is 2. The number of hydrogen-bond acceptors (Lipinski definition) is 7. The summed E-state index contributed by atoms with van der Waals surface area (Å²) in [6.45, 7) is 14.9. The minimum absolute atomic E-state index is 0.0434. The number of carbonyl (C=O) groups excluding carboxylic acids is 2. The van der Waals surface area contributed by atoms with Gasteiger partial charge in [-0.15, -0.1) is 0 Å². The van der Waals surface area contributed by atoms with Crippen molar-refractivity contribution in [3.8, 4) is 11.1 Å². The number of aromatic nitrogens is 1. The molecule has 2 saturated heterocycles. The van der Waals surface area contributed by atoms with Gasteiger partial charge in [0.25, 0.3) is 11.5 Å². The second-order valence-corrected chi connectivity index (χ2v) is 13.3. The quantitative estimate of drug-likeness (QED) is 0.171. The van der Waals surface area contributed by atoms with Crippen molar-refractivity contribution in [1.29, 1.82) is 0 Å². The third-order valence-electron chi connectivity index (χ3n) is 9.78. The molecule has 0 radical (unpaired) electrons. The Morgan fingerprint density at radius 2 is 1.67 bits per heavy atom. The SMILES string of the molecule is C=CC(=O)N1CCC(Nc2cc(-c3ccc(CN4CCC(OCCOC)CC4)cc3)cc(C(=O)NCc3c(C)cc(C)[nH]c3=O)c2C)CC1. The Hall–Kier alpha value is -4.25. The zero-order chi connectivity index (χ0) is 34.9. The van der Waals surface area contributed by atoms with E-state index in [2.05, 4.69) is 57.4 Å². The van der Waals surface area contributed by atoms with E-state index in [1.807, 2.05) is 37.8 Å². The average Bonchev–Trinajstić information content (AvgIpc) is 3.10. The van der Waals surface area contributed by atoms with Gasteiger partial charge in [0.2, 0.25) is 5.91 Å². The van der Waals surface area contributed by atoms with Gasteiger partial charge in [-0.2, -0.15) is 0 Å². The van der Waals surface area contributed by atoms with Crippen LogP contribution in [-0.2, 0) is 27.4 Å². The van der Waals surface area contributed by atoms with E-state index in [0.29, 0.717) is 43.5 Å². The van der Waals surface area contributed by atoms with Crippen molar-refractivity contribution in [3.05, 3.63) is 99.0 Å². The van der Waals surface area contributed by atoms with Gasteiger partial charge in [0.15, 0.2) is 0 Å². The average molecular weight is 670 g/mol. The third-order valence-corrected chi connectivity index (χ3v) is 9.78. The van der Waals surface area contributed by atoms with Crippen LogP contribution in [0.4, 0.5) is 5.69 Å². The van der Waals surface area contributed by atoms with Gasteiger partial charge in [0.05, 0.1) is 19.3 Å². The van der Waals surface area contributed by atoms with Crippen LogP contribution in [0.2, 0.25) is 0 Å². The Labute approximate surface area is 289 Å². The fourth-order valence-corrected chi connectivity index (χ4v) is 6.82. The largest absolute Gasteiger partial charge is 0.382 e. The van der Waals surface area contributed by atoms with Crippen molar-refractivity contribution in [1.82, 2.24) is 20.1 Å². The van der Waals surface area contributed by atoms with Crippen molar-refractivity contribution in [2.75, 3.05) is 51.8 Å². The highest BCUT2D eigenvalue weighted by Crippen LogP contribution is 2.31. The first-order valence-corrected chi connectivity index (χ1v) is 17.4. The van der Waals surface area contributed by atoms with Gasteiger partial charge in [-0.05, 0) is 98.5 Å². The van der Waals surface area contributed by atoms with Crippen LogP contribution in [0.15, 0.2) is 59.9 Å². The van der Waals surface area contributed by atoms with Crippen LogP contribution in [0.1, 0.15) is 64.0 Å². The molecule has 2 aliphatic heterocycles. The van der Waals surface area contributed by atoms with Crippen LogP contribution >= 0.6 is 0 Å². The van der Waals surface area contributed by atoms with E-state index in [4.69, 9.17) is 9.47 Å². The van der Waals surface area contributed by atoms with Gasteiger partial charge in [-0.3, -0.25) is 19.3 Å². The fraction of sp³-hybridized carbons (Fsp3) is 0.462. The molecule has 0 bridgehead atoms. The number of rotatable bonds is 13. The number of benzene rings is 2. The lowest BCUT2D eigenvalue weighted by molar-refractivity contribution is -0.126. The minimum atomic E-state index is -0.237. The first-order valence-electron chi connectivity index (χ1n) is 17.4. The molecule has 2 amide bonds. The van der Waals surface area contributed by atoms with E-state index >= 15 is 0 Å². The molecule has 2 aliphatic rings. The number of anilines is 1. The summed E-state index contributed by atoms with van der Waals surface area (Å²) in [6.07, 6.45) is 5.30. The molecule has 49 heavy (non-hydrogen) atoms. The predicted molar refractivity (Wildman–Crippen MR) is 194 cm³/mol. The summed E-state index contributed by atoms with van der Waals surface area (Å²) >= 11 is 0. The first-order chi connectivity index (χ1) is 23.6. The lowest BCUT2D eigenvalue weighted by Crippen LogP contribution is -2.41. The van der Waals surface area contributed by atoms with Gasteiger partial charge in [-0.25, -0.2) is 0 Å². The molecule has 10 nitrogen and oxygen atoms in total. The molecule has 0 unspecified atom stereocenters. The number of ether oxygens (including phenoxy) is 2. The van der Waals surface area contributed by atoms with E-state index in [9.17, 15) is 14.4 Å². The molecule has 1 aromatic heterocycles. The zero-order valence-corrected chi connectivity index (χ0v) is 29.4. The number of likely N-dealkylation sites (tertiary alicyclic amines) is 2. The van der Waals surface area contributed by atoms with Crippen LogP contribution < -0.4 is 16.2 Å². The van der Waals surface area contributed by atoms with Crippen molar-refractivity contribution >= 4 is 17.5 Å². The summed E-state index contributed by atoms with van der Waals surface area (Å²) < 4.78 is 11.0. The van der Waals surface area contributed by atoms with Crippen LogP contribution in [-0.4, -0.2) is 85.2 Å². The minimum Gasteiger partial charge on any atom is -0.382 e. The summed E-state index contributed by atoms with van der Waals surface area (Å²) in [7, 11) is 1.70. The van der Waals surface area contributed by atoms with Crippen LogP contribution in [0.25, 0.3) is 11.1 Å². The molecule has 2 fully saturated rings. The number of nitrogens with one attached hydrogen (secondary N) is 3. The van der Waals surface area contributed by atoms with Gasteiger partial charge in [0, 0.05) is 74.9 Å². The number of aromatic amines is 1. The molecule has 3 N–H and O–H groups in total. The Morgan fingerprint density at radius 3 is 2.33 bits per heavy atom. The van der Waals surface area contributed by atoms with Gasteiger partial charge in [0.1, 0.15) is 0 Å². The maximum Gasteiger partial charge on any atom is 0.253 e. The standard InChI is InChI=1S/C39H51N5O5/c1-6-37(45)44-17-11-32(12-18-44)42-36-23-31(22-34(28(36)4)38(46)40-24-35-26(2)21-27(3)41-39(35)47)30-9-7-29(8-10-30)25-43-15-13-33(14-16-43)49-20-19-48-5/h6-10,21-23,32-33,42H,1,11-20,24-25H2,2-5H3,(H,40,46)(H,41,47). The van der Waals surface area contributed by atoms with Gasteiger partial charge in [-0.1, -0.05) is 30.8 Å². The summed E-state index contributed by atoms with van der Waals surface area (Å²) in [6, 6.07) is 14.7. The summed E-state index contributed by atoms with van der Waals surface area (Å²) in [4.78, 5) is 45.6. The molecule has 0 atom stereocenters.